The molecule has 0 unspecified atom stereocenters. The molecule has 4 heterocycles. The second-order valence-electron chi connectivity index (χ2n) is 11.0. The highest BCUT2D eigenvalue weighted by atomic mass is 16.5. The fourth-order valence-corrected chi connectivity index (χ4v) is 6.36. The molecule has 35 heavy (non-hydrogen) atoms. The van der Waals surface area contributed by atoms with Crippen molar-refractivity contribution in [3.63, 3.8) is 0 Å². The Balaban J connectivity index is 1.17. The minimum absolute atomic E-state index is 0.0361. The van der Waals surface area contributed by atoms with Crippen LogP contribution < -0.4 is 15.0 Å². The van der Waals surface area contributed by atoms with Gasteiger partial charge in [0.2, 0.25) is 11.8 Å². The zero-order valence-corrected chi connectivity index (χ0v) is 20.6. The summed E-state index contributed by atoms with van der Waals surface area (Å²) in [5, 5.41) is 2.85. The minimum atomic E-state index is -0.320. The van der Waals surface area contributed by atoms with E-state index in [9.17, 15) is 9.59 Å². The summed E-state index contributed by atoms with van der Waals surface area (Å²) in [5.41, 5.74) is 3.50. The van der Waals surface area contributed by atoms with Crippen molar-refractivity contribution < 1.29 is 19.1 Å². The third kappa shape index (κ3) is 4.00. The molecule has 0 aromatic heterocycles. The van der Waals surface area contributed by atoms with Crippen LogP contribution in [0.1, 0.15) is 43.9 Å². The number of amides is 2. The van der Waals surface area contributed by atoms with E-state index in [0.717, 1.165) is 42.9 Å². The average molecular weight is 476 g/mol. The molecule has 0 aliphatic carbocycles. The highest BCUT2D eigenvalue weighted by Crippen LogP contribution is 2.53. The van der Waals surface area contributed by atoms with Crippen molar-refractivity contribution in [3.8, 4) is 5.75 Å². The summed E-state index contributed by atoms with van der Waals surface area (Å²) in [6.45, 7) is 8.43. The van der Waals surface area contributed by atoms with E-state index in [0.29, 0.717) is 18.2 Å². The van der Waals surface area contributed by atoms with Gasteiger partial charge in [0.15, 0.2) is 0 Å². The van der Waals surface area contributed by atoms with Gasteiger partial charge < -0.3 is 14.8 Å². The summed E-state index contributed by atoms with van der Waals surface area (Å²) in [5.74, 6) is 1.36. The Labute approximate surface area is 206 Å². The Bertz CT molecular complexity index is 1180. The molecule has 2 saturated heterocycles. The molecule has 0 bridgehead atoms. The van der Waals surface area contributed by atoms with Crippen LogP contribution in [0.25, 0.3) is 0 Å². The van der Waals surface area contributed by atoms with Crippen LogP contribution in [-0.4, -0.2) is 54.6 Å². The number of carbonyl (C=O) groups excluding carboxylic acids is 2. The largest absolute Gasteiger partial charge is 0.487 e. The van der Waals surface area contributed by atoms with Crippen LogP contribution in [-0.2, 0) is 14.3 Å². The number of benzene rings is 2. The number of nitrogens with one attached hydrogen (secondary N) is 1. The molecule has 4 aliphatic rings. The lowest BCUT2D eigenvalue weighted by Crippen LogP contribution is -2.56. The zero-order valence-electron chi connectivity index (χ0n) is 20.6. The lowest BCUT2D eigenvalue weighted by atomic mass is 9.70. The van der Waals surface area contributed by atoms with Gasteiger partial charge in [0, 0.05) is 24.6 Å². The van der Waals surface area contributed by atoms with Crippen LogP contribution in [0, 0.1) is 18.8 Å². The fourth-order valence-electron chi connectivity index (χ4n) is 6.36. The van der Waals surface area contributed by atoms with Crippen molar-refractivity contribution >= 4 is 23.2 Å². The van der Waals surface area contributed by atoms with E-state index in [4.69, 9.17) is 9.47 Å². The molecule has 4 atom stereocenters. The molecule has 1 N–H and O–H groups in total. The number of carbonyl (C=O) groups is 2. The average Bonchev–Trinajstić information content (AvgIpc) is 2.82. The zero-order chi connectivity index (χ0) is 24.3. The van der Waals surface area contributed by atoms with Gasteiger partial charge in [-0.2, -0.15) is 0 Å². The Kier molecular flexibility index (Phi) is 5.38. The quantitative estimate of drug-likeness (QED) is 0.713. The molecule has 2 aromatic rings. The van der Waals surface area contributed by atoms with Gasteiger partial charge in [0.25, 0.3) is 0 Å². The van der Waals surface area contributed by atoms with Crippen molar-refractivity contribution in [1.29, 1.82) is 0 Å². The third-order valence-electron chi connectivity index (χ3n) is 8.16. The maximum absolute atomic E-state index is 13.3. The summed E-state index contributed by atoms with van der Waals surface area (Å²) in [7, 11) is 0. The fraction of sp³-hybridized carbons (Fsp3) is 0.500. The number of nitrogens with zero attached hydrogens (tertiary/aromatic N) is 2. The molecular formula is C28H33N3O4. The molecule has 2 amide bonds. The third-order valence-corrected chi connectivity index (χ3v) is 8.16. The highest BCUT2D eigenvalue weighted by molar-refractivity contribution is 6.10. The molecule has 0 spiro atoms. The van der Waals surface area contributed by atoms with Crippen LogP contribution in [0.5, 0.6) is 5.75 Å². The highest BCUT2D eigenvalue weighted by Gasteiger charge is 2.51. The van der Waals surface area contributed by atoms with E-state index in [-0.39, 0.29) is 42.1 Å². The number of piperidine rings is 1. The minimum Gasteiger partial charge on any atom is -0.487 e. The molecule has 4 aliphatic heterocycles. The first kappa shape index (κ1) is 22.6. The van der Waals surface area contributed by atoms with Gasteiger partial charge in [0.1, 0.15) is 17.9 Å². The van der Waals surface area contributed by atoms with Crippen LogP contribution in [0.3, 0.4) is 0 Å². The van der Waals surface area contributed by atoms with Crippen molar-refractivity contribution in [2.75, 3.05) is 36.4 Å². The van der Waals surface area contributed by atoms with Crippen molar-refractivity contribution in [2.45, 2.75) is 51.4 Å². The van der Waals surface area contributed by atoms with E-state index < -0.39 is 0 Å². The maximum atomic E-state index is 13.3. The van der Waals surface area contributed by atoms with Gasteiger partial charge in [0.05, 0.1) is 30.1 Å². The molecule has 0 radical (unpaired) electrons. The number of likely N-dealkylation sites (tertiary alicyclic amines) is 1. The van der Waals surface area contributed by atoms with Gasteiger partial charge in [-0.1, -0.05) is 24.3 Å². The predicted octanol–water partition coefficient (Wildman–Crippen LogP) is 3.92. The predicted molar refractivity (Wildman–Crippen MR) is 134 cm³/mol. The number of anilines is 2. The summed E-state index contributed by atoms with van der Waals surface area (Å²) < 4.78 is 13.2. The second-order valence-corrected chi connectivity index (χ2v) is 11.0. The van der Waals surface area contributed by atoms with Crippen LogP contribution >= 0.6 is 0 Å². The van der Waals surface area contributed by atoms with E-state index in [1.54, 1.807) is 4.90 Å². The Morgan fingerprint density at radius 1 is 1.20 bits per heavy atom. The number of hydrogen-bond donors (Lipinski definition) is 1. The van der Waals surface area contributed by atoms with E-state index in [1.807, 2.05) is 24.3 Å². The van der Waals surface area contributed by atoms with E-state index >= 15 is 0 Å². The summed E-state index contributed by atoms with van der Waals surface area (Å²) >= 11 is 0. The second kappa shape index (κ2) is 8.35. The Morgan fingerprint density at radius 2 is 2.03 bits per heavy atom. The van der Waals surface area contributed by atoms with Crippen molar-refractivity contribution in [3.05, 3.63) is 53.6 Å². The molecule has 6 rings (SSSR count). The van der Waals surface area contributed by atoms with Crippen LogP contribution in [0.15, 0.2) is 42.5 Å². The standard InChI is InChI=1S/C28H33N3O4/c1-17-8-9-19-24(12-17)35-28(2,3)20-13-18-14-30(11-10-23(18)34-27(19)20)16-26(33)31-15-25(32)29-21-6-4-5-7-22(21)31/h4-9,12,18,20,23,27H,10-11,13-16H2,1-3H3,(H,29,32)/t18-,20+,23+,27-/m1/s1. The van der Waals surface area contributed by atoms with Gasteiger partial charge in [-0.25, -0.2) is 0 Å². The normalized spacial score (nSPS) is 29.1. The number of aryl methyl sites for hydroxylation is 1. The van der Waals surface area contributed by atoms with Gasteiger partial charge in [-0.15, -0.1) is 0 Å². The van der Waals surface area contributed by atoms with Crippen LogP contribution in [0.4, 0.5) is 11.4 Å². The lowest BCUT2D eigenvalue weighted by molar-refractivity contribution is -0.187. The van der Waals surface area contributed by atoms with E-state index in [1.165, 1.54) is 5.56 Å². The molecule has 7 nitrogen and oxygen atoms in total. The number of ether oxygens (including phenoxy) is 2. The van der Waals surface area contributed by atoms with Gasteiger partial charge in [-0.3, -0.25) is 19.4 Å². The number of rotatable bonds is 2. The topological polar surface area (TPSA) is 71.1 Å². The van der Waals surface area contributed by atoms with Crippen molar-refractivity contribution in [2.24, 2.45) is 11.8 Å². The van der Waals surface area contributed by atoms with Gasteiger partial charge >= 0.3 is 0 Å². The molecule has 7 heteroatoms. The molecule has 2 aromatic carbocycles. The Morgan fingerprint density at radius 3 is 2.89 bits per heavy atom. The number of fused-ring (bicyclic) bond motifs is 5. The van der Waals surface area contributed by atoms with Crippen molar-refractivity contribution in [1.82, 2.24) is 4.90 Å². The molecule has 184 valence electrons. The first-order valence-corrected chi connectivity index (χ1v) is 12.6. The maximum Gasteiger partial charge on any atom is 0.244 e. The SMILES string of the molecule is Cc1ccc2c(c1)OC(C)(C)[C@H]1C[C@@H]3CN(CC(=O)N4CC(=O)Nc5ccccc54)CC[C@@H]3O[C@H]21. The molecular weight excluding hydrogens is 442 g/mol. The molecule has 0 saturated carbocycles. The van der Waals surface area contributed by atoms with E-state index in [2.05, 4.69) is 49.2 Å². The lowest BCUT2D eigenvalue weighted by Gasteiger charge is -2.53. The van der Waals surface area contributed by atoms with Crippen LogP contribution in [0.2, 0.25) is 0 Å². The number of hydrogen-bond acceptors (Lipinski definition) is 5. The summed E-state index contributed by atoms with van der Waals surface area (Å²) in [4.78, 5) is 29.3. The summed E-state index contributed by atoms with van der Waals surface area (Å²) in [6.07, 6.45) is 2.15. The first-order chi connectivity index (χ1) is 16.8. The molecule has 2 fully saturated rings. The Hall–Kier alpha value is -2.90. The summed E-state index contributed by atoms with van der Waals surface area (Å²) in [6, 6.07) is 13.9. The monoisotopic (exact) mass is 475 g/mol. The van der Waals surface area contributed by atoms with Gasteiger partial charge in [-0.05, 0) is 63.3 Å². The smallest absolute Gasteiger partial charge is 0.244 e. The number of para-hydroxylation sites is 2. The first-order valence-electron chi connectivity index (χ1n) is 12.6.